The molecule has 6 nitrogen and oxygen atoms in total. The summed E-state index contributed by atoms with van der Waals surface area (Å²) in [5.41, 5.74) is 6.11. The Morgan fingerprint density at radius 3 is 2.39 bits per heavy atom. The molecule has 1 rings (SSSR count). The van der Waals surface area contributed by atoms with Crippen LogP contribution in [0.15, 0.2) is 17.0 Å². The minimum absolute atomic E-state index is 0.0208. The summed E-state index contributed by atoms with van der Waals surface area (Å²) in [5.74, 6) is -0.903. The predicted molar refractivity (Wildman–Crippen MR) is 65.4 cm³/mol. The van der Waals surface area contributed by atoms with E-state index in [1.54, 1.807) is 6.92 Å². The molecule has 0 amide bonds. The molecule has 1 unspecified atom stereocenters. The molecule has 7 heteroatoms. The zero-order valence-corrected chi connectivity index (χ0v) is 11.1. The van der Waals surface area contributed by atoms with Crippen molar-refractivity contribution in [3.63, 3.8) is 0 Å². The van der Waals surface area contributed by atoms with Gasteiger partial charge in [0.25, 0.3) is 0 Å². The molecule has 0 heterocycles. The maximum atomic E-state index is 11.6. The molecule has 0 saturated heterocycles. The Hall–Kier alpha value is -1.60. The van der Waals surface area contributed by atoms with E-state index in [1.165, 1.54) is 19.2 Å². The SMILES string of the molecule is COc1cc(C(N)C(=O)O)c(S(C)(=O)=O)cc1C. The number of hydrogen-bond donors (Lipinski definition) is 2. The highest BCUT2D eigenvalue weighted by Crippen LogP contribution is 2.29. The summed E-state index contributed by atoms with van der Waals surface area (Å²) in [7, 11) is -2.14. The van der Waals surface area contributed by atoms with Gasteiger partial charge in [0.1, 0.15) is 11.8 Å². The summed E-state index contributed by atoms with van der Waals surface area (Å²) in [6, 6.07) is 1.31. The first kappa shape index (κ1) is 14.5. The Bertz CT molecular complexity index is 579. The monoisotopic (exact) mass is 273 g/mol. The van der Waals surface area contributed by atoms with Crippen LogP contribution in [-0.2, 0) is 14.6 Å². The lowest BCUT2D eigenvalue weighted by Gasteiger charge is -2.15. The van der Waals surface area contributed by atoms with Crippen molar-refractivity contribution in [3.05, 3.63) is 23.3 Å². The van der Waals surface area contributed by atoms with Crippen molar-refractivity contribution in [2.75, 3.05) is 13.4 Å². The molecule has 0 bridgehead atoms. The lowest BCUT2D eigenvalue weighted by Crippen LogP contribution is -2.23. The Morgan fingerprint density at radius 1 is 1.44 bits per heavy atom. The van der Waals surface area contributed by atoms with E-state index in [2.05, 4.69) is 0 Å². The topological polar surface area (TPSA) is 107 Å². The van der Waals surface area contributed by atoms with E-state index in [0.717, 1.165) is 6.26 Å². The molecule has 100 valence electrons. The van der Waals surface area contributed by atoms with Crippen LogP contribution >= 0.6 is 0 Å². The Morgan fingerprint density at radius 2 is 2.00 bits per heavy atom. The predicted octanol–water partition coefficient (Wildman–Crippen LogP) is 0.492. The number of rotatable bonds is 4. The van der Waals surface area contributed by atoms with E-state index < -0.39 is 21.8 Å². The van der Waals surface area contributed by atoms with Crippen molar-refractivity contribution in [1.82, 2.24) is 0 Å². The first-order valence-corrected chi connectivity index (χ1v) is 6.94. The molecule has 0 aliphatic carbocycles. The Kier molecular flexibility index (Phi) is 3.98. The summed E-state index contributed by atoms with van der Waals surface area (Å²) >= 11 is 0. The summed E-state index contributed by atoms with van der Waals surface area (Å²) in [6.07, 6.45) is 1.01. The second-order valence-corrected chi connectivity index (χ2v) is 5.93. The fraction of sp³-hybridized carbons (Fsp3) is 0.364. The average molecular weight is 273 g/mol. The molecule has 0 aliphatic rings. The van der Waals surface area contributed by atoms with Crippen molar-refractivity contribution in [2.24, 2.45) is 5.73 Å². The third kappa shape index (κ3) is 2.80. The molecule has 1 aromatic carbocycles. The number of carboxylic acids is 1. The van der Waals surface area contributed by atoms with Gasteiger partial charge in [0.2, 0.25) is 0 Å². The first-order chi connectivity index (χ1) is 8.18. The molecule has 0 aromatic heterocycles. The van der Waals surface area contributed by atoms with Crippen LogP contribution in [0.2, 0.25) is 0 Å². The van der Waals surface area contributed by atoms with Gasteiger partial charge in [-0.05, 0) is 24.6 Å². The lowest BCUT2D eigenvalue weighted by molar-refractivity contribution is -0.138. The van der Waals surface area contributed by atoms with E-state index in [0.29, 0.717) is 11.3 Å². The Balaban J connectivity index is 3.60. The Labute approximate surface area is 105 Å². The van der Waals surface area contributed by atoms with Crippen LogP contribution in [0.3, 0.4) is 0 Å². The summed E-state index contributed by atoms with van der Waals surface area (Å²) in [4.78, 5) is 10.8. The number of carboxylic acid groups (broad SMARTS) is 1. The first-order valence-electron chi connectivity index (χ1n) is 5.05. The van der Waals surface area contributed by atoms with Gasteiger partial charge >= 0.3 is 5.97 Å². The molecule has 0 saturated carbocycles. The minimum atomic E-state index is -3.56. The molecule has 18 heavy (non-hydrogen) atoms. The van der Waals surface area contributed by atoms with Crippen molar-refractivity contribution < 1.29 is 23.1 Å². The molecule has 3 N–H and O–H groups in total. The molecule has 0 fully saturated rings. The fourth-order valence-electron chi connectivity index (χ4n) is 1.59. The van der Waals surface area contributed by atoms with Crippen molar-refractivity contribution in [3.8, 4) is 5.75 Å². The third-order valence-corrected chi connectivity index (χ3v) is 3.68. The summed E-state index contributed by atoms with van der Waals surface area (Å²) < 4.78 is 28.3. The molecule has 0 radical (unpaired) electrons. The molecule has 1 aromatic rings. The quantitative estimate of drug-likeness (QED) is 0.827. The van der Waals surface area contributed by atoms with Gasteiger partial charge in [0.05, 0.1) is 12.0 Å². The zero-order valence-electron chi connectivity index (χ0n) is 10.3. The van der Waals surface area contributed by atoms with Gasteiger partial charge in [-0.15, -0.1) is 0 Å². The molecular weight excluding hydrogens is 258 g/mol. The van der Waals surface area contributed by atoms with E-state index in [4.69, 9.17) is 15.6 Å². The van der Waals surface area contributed by atoms with Crippen LogP contribution < -0.4 is 10.5 Å². The van der Waals surface area contributed by atoms with Crippen LogP contribution in [0.25, 0.3) is 0 Å². The normalized spacial score (nSPS) is 13.1. The van der Waals surface area contributed by atoms with E-state index in [9.17, 15) is 13.2 Å². The van der Waals surface area contributed by atoms with Gasteiger partial charge in [0, 0.05) is 11.8 Å². The van der Waals surface area contributed by atoms with E-state index in [1.807, 2.05) is 0 Å². The number of ether oxygens (including phenoxy) is 1. The highest BCUT2D eigenvalue weighted by Gasteiger charge is 2.24. The number of aryl methyl sites for hydroxylation is 1. The van der Waals surface area contributed by atoms with Crippen LogP contribution in [0, 0.1) is 6.92 Å². The molecule has 0 spiro atoms. The van der Waals surface area contributed by atoms with Gasteiger partial charge < -0.3 is 15.6 Å². The second-order valence-electron chi connectivity index (χ2n) is 3.95. The van der Waals surface area contributed by atoms with Crippen LogP contribution in [-0.4, -0.2) is 32.9 Å². The van der Waals surface area contributed by atoms with Crippen LogP contribution in [0.1, 0.15) is 17.2 Å². The number of nitrogens with two attached hydrogens (primary N) is 1. The van der Waals surface area contributed by atoms with Gasteiger partial charge in [-0.2, -0.15) is 0 Å². The fourth-order valence-corrected chi connectivity index (χ4v) is 2.60. The molecule has 1 atom stereocenters. The number of sulfone groups is 1. The van der Waals surface area contributed by atoms with Gasteiger partial charge in [-0.1, -0.05) is 0 Å². The van der Waals surface area contributed by atoms with Crippen LogP contribution in [0.4, 0.5) is 0 Å². The summed E-state index contributed by atoms with van der Waals surface area (Å²) in [5, 5.41) is 8.90. The standard InChI is InChI=1S/C11H15NO5S/c1-6-4-9(18(3,15)16)7(5-8(6)17-2)10(12)11(13)14/h4-5,10H,12H2,1-3H3,(H,13,14). The number of carbonyl (C=O) groups is 1. The number of benzene rings is 1. The minimum Gasteiger partial charge on any atom is -0.496 e. The highest BCUT2D eigenvalue weighted by molar-refractivity contribution is 7.90. The van der Waals surface area contributed by atoms with Crippen molar-refractivity contribution in [1.29, 1.82) is 0 Å². The second kappa shape index (κ2) is 4.95. The number of methoxy groups -OCH3 is 1. The maximum Gasteiger partial charge on any atom is 0.325 e. The van der Waals surface area contributed by atoms with Gasteiger partial charge in [-0.25, -0.2) is 8.42 Å². The van der Waals surface area contributed by atoms with Gasteiger partial charge in [0.15, 0.2) is 9.84 Å². The maximum absolute atomic E-state index is 11.6. The number of aliphatic carboxylic acids is 1. The zero-order chi connectivity index (χ0) is 14.1. The van der Waals surface area contributed by atoms with Gasteiger partial charge in [-0.3, -0.25) is 4.79 Å². The average Bonchev–Trinajstić information content (AvgIpc) is 2.26. The largest absolute Gasteiger partial charge is 0.496 e. The van der Waals surface area contributed by atoms with Crippen molar-refractivity contribution >= 4 is 15.8 Å². The lowest BCUT2D eigenvalue weighted by atomic mass is 10.0. The molecular formula is C11H15NO5S. The highest BCUT2D eigenvalue weighted by atomic mass is 32.2. The van der Waals surface area contributed by atoms with Crippen LogP contribution in [0.5, 0.6) is 5.75 Å². The van der Waals surface area contributed by atoms with Crippen molar-refractivity contribution in [2.45, 2.75) is 17.9 Å². The number of hydrogen-bond acceptors (Lipinski definition) is 5. The van der Waals surface area contributed by atoms with E-state index >= 15 is 0 Å². The molecule has 0 aliphatic heterocycles. The third-order valence-electron chi connectivity index (χ3n) is 2.53. The summed E-state index contributed by atoms with van der Waals surface area (Å²) in [6.45, 7) is 1.67. The smallest absolute Gasteiger partial charge is 0.325 e. The van der Waals surface area contributed by atoms with E-state index in [-0.39, 0.29) is 10.5 Å².